The fraction of sp³-hybridized carbons (Fsp3) is 0.652. The molecule has 3 saturated carbocycles. The van der Waals surface area contributed by atoms with E-state index in [4.69, 9.17) is 28.4 Å². The number of Topliss-reactive ketones (excluding diaryl/α,β-unsaturated/α-hetero) is 1. The number of aliphatic hydroxyl groups excluding tert-OH is 3. The molecular weight excluding hydrogens is 1080 g/mol. The first kappa shape index (κ1) is 63.0. The van der Waals surface area contributed by atoms with Crippen molar-refractivity contribution in [2.75, 3.05) is 32.9 Å². The summed E-state index contributed by atoms with van der Waals surface area (Å²) in [6.45, 7) is 14.9. The second-order valence-electron chi connectivity index (χ2n) is 27.0. The van der Waals surface area contributed by atoms with Gasteiger partial charge in [-0.3, -0.25) is 9.59 Å². The van der Waals surface area contributed by atoms with Crippen molar-refractivity contribution in [3.63, 3.8) is 0 Å². The predicted octanol–water partition coefficient (Wildman–Crippen LogP) is 9.89. The third-order valence-corrected chi connectivity index (χ3v) is 21.4. The number of benzene rings is 3. The molecule has 10 rings (SSSR count). The van der Waals surface area contributed by atoms with Crippen molar-refractivity contribution in [2.24, 2.45) is 52.3 Å². The average molecular weight is 1180 g/mol. The van der Waals surface area contributed by atoms with Crippen molar-refractivity contribution in [1.82, 2.24) is 10.6 Å². The van der Waals surface area contributed by atoms with Gasteiger partial charge in [-0.05, 0) is 135 Å². The lowest BCUT2D eigenvalue weighted by Crippen LogP contribution is -2.62. The average Bonchev–Trinajstić information content (AvgIpc) is 1.74. The molecule has 17 atom stereocenters. The fourth-order valence-electron chi connectivity index (χ4n) is 16.3. The summed E-state index contributed by atoms with van der Waals surface area (Å²) in [5.74, 6) is -2.54. The van der Waals surface area contributed by atoms with Gasteiger partial charge in [0.15, 0.2) is 18.7 Å². The predicted molar refractivity (Wildman–Crippen MR) is 320 cm³/mol. The molecule has 3 aromatic rings. The number of rotatable bonds is 22. The number of unbranched alkanes of at least 4 members (excludes halogenated alkanes) is 3. The second-order valence-corrected chi connectivity index (χ2v) is 27.0. The van der Waals surface area contributed by atoms with Crippen molar-refractivity contribution in [3.8, 4) is 11.1 Å². The highest BCUT2D eigenvalue weighted by Gasteiger charge is 2.70. The van der Waals surface area contributed by atoms with Crippen LogP contribution in [-0.2, 0) is 38.0 Å². The molecule has 16 nitrogen and oxygen atoms in total. The molecule has 0 spiro atoms. The molecule has 7 aliphatic rings. The summed E-state index contributed by atoms with van der Waals surface area (Å²) in [4.78, 5) is 54.8. The summed E-state index contributed by atoms with van der Waals surface area (Å²) in [7, 11) is 0. The summed E-state index contributed by atoms with van der Waals surface area (Å²) >= 11 is 0. The number of ether oxygens (including phenoxy) is 6. The Morgan fingerprint density at radius 3 is 2.12 bits per heavy atom. The van der Waals surface area contributed by atoms with E-state index in [2.05, 4.69) is 68.7 Å². The van der Waals surface area contributed by atoms with Crippen LogP contribution < -0.4 is 10.6 Å². The molecule has 0 aromatic heterocycles. The number of alkyl carbamates (subject to hydrolysis) is 1. The van der Waals surface area contributed by atoms with Gasteiger partial charge in [0.05, 0.1) is 43.2 Å². The lowest BCUT2D eigenvalue weighted by Gasteiger charge is -2.59. The highest BCUT2D eigenvalue weighted by atomic mass is 16.7. The van der Waals surface area contributed by atoms with Gasteiger partial charge >= 0.3 is 12.1 Å². The number of carbonyl (C=O) groups excluding carboxylic acids is 4. The van der Waals surface area contributed by atoms with Gasteiger partial charge in [0, 0.05) is 55.0 Å². The second kappa shape index (κ2) is 26.7. The Labute approximate surface area is 502 Å². The normalized spacial score (nSPS) is 34.4. The first-order valence-electron chi connectivity index (χ1n) is 31.9. The van der Waals surface area contributed by atoms with E-state index in [1.54, 1.807) is 24.3 Å². The van der Waals surface area contributed by atoms with Crippen LogP contribution in [0.4, 0.5) is 4.79 Å². The maximum atomic E-state index is 14.3. The summed E-state index contributed by atoms with van der Waals surface area (Å²) in [5, 5.41) is 53.4. The molecule has 85 heavy (non-hydrogen) atoms. The third kappa shape index (κ3) is 13.0. The van der Waals surface area contributed by atoms with Crippen molar-refractivity contribution in [1.29, 1.82) is 0 Å². The van der Waals surface area contributed by atoms with E-state index in [1.165, 1.54) is 16.7 Å². The quantitative estimate of drug-likeness (QED) is 0.0313. The molecule has 16 heteroatoms. The molecule has 6 N–H and O–H groups in total. The number of hydrogen-bond acceptors (Lipinski definition) is 14. The van der Waals surface area contributed by atoms with E-state index in [1.807, 2.05) is 45.0 Å². The number of hydrogen-bond donors (Lipinski definition) is 6. The SMILES string of the molecule is Cc1ccc(C(=O)OC2C(OC3C(O)COC(O[C@H]4C[C@H]5[C@@H]6CC=C7C[C@@H](O)CC[C@]7(C)C6CC[C@]5(C)[C@@]4(O)[C@H](C)C(=O)CCC(C)C)C3C)OCC(O)C2CC(=O)NCCCCCCNC(=O)OCC2c3ccccc3-c3ccccc32)cc1. The van der Waals surface area contributed by atoms with Gasteiger partial charge in [0.1, 0.15) is 24.1 Å². The minimum Gasteiger partial charge on any atom is -0.453 e. The largest absolute Gasteiger partial charge is 0.453 e. The van der Waals surface area contributed by atoms with Crippen molar-refractivity contribution < 1.29 is 68.0 Å². The summed E-state index contributed by atoms with van der Waals surface area (Å²) in [5.41, 5.74) is 4.91. The molecular formula is C69H94N2O14. The first-order chi connectivity index (χ1) is 40.7. The Kier molecular flexibility index (Phi) is 19.8. The van der Waals surface area contributed by atoms with Crippen LogP contribution in [-0.4, -0.2) is 132 Å². The number of ketones is 1. The third-order valence-electron chi connectivity index (χ3n) is 21.4. The van der Waals surface area contributed by atoms with Crippen LogP contribution in [0.5, 0.6) is 0 Å². The number of esters is 1. The van der Waals surface area contributed by atoms with Crippen LogP contribution in [0.1, 0.15) is 164 Å². The maximum absolute atomic E-state index is 14.3. The minimum atomic E-state index is -1.56. The van der Waals surface area contributed by atoms with Gasteiger partial charge in [0.25, 0.3) is 0 Å². The van der Waals surface area contributed by atoms with E-state index >= 15 is 0 Å². The van der Waals surface area contributed by atoms with Gasteiger partial charge in [-0.2, -0.15) is 0 Å². The molecule has 2 heterocycles. The highest BCUT2D eigenvalue weighted by Crippen LogP contribution is 2.69. The van der Waals surface area contributed by atoms with Crippen LogP contribution >= 0.6 is 0 Å². The van der Waals surface area contributed by atoms with Gasteiger partial charge in [-0.25, -0.2) is 9.59 Å². The Balaban J connectivity index is 0.769. The smallest absolute Gasteiger partial charge is 0.407 e. The fourth-order valence-corrected chi connectivity index (χ4v) is 16.3. The molecule has 5 aliphatic carbocycles. The molecule has 464 valence electrons. The molecule has 2 saturated heterocycles. The van der Waals surface area contributed by atoms with Gasteiger partial charge in [-0.1, -0.05) is 132 Å². The lowest BCUT2D eigenvalue weighted by molar-refractivity contribution is -0.330. The van der Waals surface area contributed by atoms with E-state index in [-0.39, 0.29) is 72.8 Å². The van der Waals surface area contributed by atoms with Gasteiger partial charge in [0.2, 0.25) is 5.91 Å². The van der Waals surface area contributed by atoms with Gasteiger partial charge in [-0.15, -0.1) is 0 Å². The Morgan fingerprint density at radius 1 is 0.765 bits per heavy atom. The zero-order chi connectivity index (χ0) is 60.4. The van der Waals surface area contributed by atoms with Crippen molar-refractivity contribution in [3.05, 3.63) is 107 Å². The zero-order valence-corrected chi connectivity index (χ0v) is 51.0. The van der Waals surface area contributed by atoms with Gasteiger partial charge < -0.3 is 59.5 Å². The standard InChI is InChI=1S/C69H94N2O14/c1-40(2)20-27-56(73)43(5)69(79)59(36-55-51-26-25-45-34-46(72)28-30-67(45,6)54(51)29-31-68(55,69)7)83-64-42(4)61(58(75)39-80-64)85-65-62(84-63(77)44-23-21-41(3)22-24-44)52(57(74)38-81-65)35-60(76)70-32-14-8-9-15-33-71-66(78)82-37-53-49-18-12-10-16-47(49)48-17-11-13-19-50(48)53/h10-13,16-19,21-25,40,42-43,46,51-55,57-59,61-62,64-65,72,74-75,79H,8-9,14-15,20,26-39H2,1-7H3,(H,70,76)(H,71,78)/t42?,43-,46+,51-,52?,54?,55+,57?,58?,59+,61?,62?,64?,65?,67+,68+,69-/m1/s1. The number of amides is 2. The van der Waals surface area contributed by atoms with E-state index < -0.39 is 83.9 Å². The summed E-state index contributed by atoms with van der Waals surface area (Å²) < 4.78 is 38.2. The zero-order valence-electron chi connectivity index (χ0n) is 51.0. The molecule has 5 fully saturated rings. The molecule has 2 amide bonds. The van der Waals surface area contributed by atoms with Crippen LogP contribution in [0.2, 0.25) is 0 Å². The Bertz CT molecular complexity index is 2810. The number of fused-ring (bicyclic) bond motifs is 8. The van der Waals surface area contributed by atoms with Crippen LogP contribution in [0.3, 0.4) is 0 Å². The van der Waals surface area contributed by atoms with E-state index in [9.17, 15) is 39.6 Å². The Hall–Kier alpha value is -5.04. The maximum Gasteiger partial charge on any atom is 0.407 e. The van der Waals surface area contributed by atoms with Crippen LogP contribution in [0.25, 0.3) is 11.1 Å². The number of allylic oxidation sites excluding steroid dienone is 1. The first-order valence-corrected chi connectivity index (χ1v) is 31.9. The molecule has 9 unspecified atom stereocenters. The van der Waals surface area contributed by atoms with Crippen LogP contribution in [0, 0.1) is 59.2 Å². The molecule has 0 radical (unpaired) electrons. The van der Waals surface area contributed by atoms with E-state index in [0.717, 1.165) is 61.6 Å². The minimum absolute atomic E-state index is 0.00278. The number of aliphatic hydroxyl groups is 4. The van der Waals surface area contributed by atoms with Crippen LogP contribution in [0.15, 0.2) is 84.4 Å². The summed E-state index contributed by atoms with van der Waals surface area (Å²) in [6.07, 6.45) is 2.86. The molecule has 3 aromatic carbocycles. The van der Waals surface area contributed by atoms with E-state index in [0.29, 0.717) is 63.5 Å². The van der Waals surface area contributed by atoms with Crippen molar-refractivity contribution in [2.45, 2.75) is 199 Å². The topological polar surface area (TPSA) is 229 Å². The molecule has 2 aliphatic heterocycles. The number of nitrogens with one attached hydrogen (secondary N) is 2. The number of carbonyl (C=O) groups is 4. The van der Waals surface area contributed by atoms with Crippen molar-refractivity contribution >= 4 is 23.8 Å². The monoisotopic (exact) mass is 1170 g/mol. The highest BCUT2D eigenvalue weighted by molar-refractivity contribution is 5.89. The number of aryl methyl sites for hydroxylation is 1. The Morgan fingerprint density at radius 2 is 1.42 bits per heavy atom. The lowest BCUT2D eigenvalue weighted by atomic mass is 9.46. The molecule has 0 bridgehead atoms. The summed E-state index contributed by atoms with van der Waals surface area (Å²) in [6, 6.07) is 23.3.